The minimum Gasteiger partial charge on any atom is -0.207 e. The van der Waals surface area contributed by atoms with E-state index >= 15 is 0 Å². The van der Waals surface area contributed by atoms with E-state index < -0.39 is 17.0 Å². The summed E-state index contributed by atoms with van der Waals surface area (Å²) in [5.74, 6) is -1.19. The van der Waals surface area contributed by atoms with E-state index in [0.717, 1.165) is 21.4 Å². The van der Waals surface area contributed by atoms with Gasteiger partial charge in [-0.2, -0.15) is 0 Å². The van der Waals surface area contributed by atoms with Crippen molar-refractivity contribution in [3.8, 4) is 0 Å². The van der Waals surface area contributed by atoms with Crippen LogP contribution in [0.15, 0.2) is 24.3 Å². The summed E-state index contributed by atoms with van der Waals surface area (Å²) >= 11 is 7.79. The van der Waals surface area contributed by atoms with E-state index in [4.69, 9.17) is 11.6 Å². The lowest BCUT2D eigenvalue weighted by Crippen LogP contribution is -1.97. The van der Waals surface area contributed by atoms with Gasteiger partial charge in [0, 0.05) is 21.4 Å². The molecule has 1 unspecified atom stereocenters. The van der Waals surface area contributed by atoms with Crippen LogP contribution >= 0.6 is 22.9 Å². The third kappa shape index (κ3) is 2.50. The maximum atomic E-state index is 13.6. The van der Waals surface area contributed by atoms with Crippen LogP contribution in [0.25, 0.3) is 0 Å². The first kappa shape index (κ1) is 12.5. The quantitative estimate of drug-likeness (QED) is 0.677. The average molecular weight is 273 g/mol. The molecular weight excluding hydrogens is 262 g/mol. The topological polar surface area (TPSA) is 0 Å². The zero-order valence-corrected chi connectivity index (χ0v) is 11.0. The van der Waals surface area contributed by atoms with E-state index in [1.807, 2.05) is 19.9 Å². The highest BCUT2D eigenvalue weighted by Crippen LogP contribution is 2.37. The lowest BCUT2D eigenvalue weighted by Gasteiger charge is -2.10. The molecule has 0 bridgehead atoms. The fourth-order valence-electron chi connectivity index (χ4n) is 1.76. The van der Waals surface area contributed by atoms with Gasteiger partial charge >= 0.3 is 0 Å². The van der Waals surface area contributed by atoms with Crippen molar-refractivity contribution >= 4 is 22.9 Å². The highest BCUT2D eigenvalue weighted by molar-refractivity contribution is 7.12. The fraction of sp³-hybridized carbons (Fsp3) is 0.231. The molecule has 17 heavy (non-hydrogen) atoms. The molecule has 1 heterocycles. The van der Waals surface area contributed by atoms with Crippen molar-refractivity contribution in [2.75, 3.05) is 0 Å². The second-order valence-electron chi connectivity index (χ2n) is 3.93. The Morgan fingerprint density at radius 1 is 1.18 bits per heavy atom. The van der Waals surface area contributed by atoms with Gasteiger partial charge < -0.3 is 0 Å². The van der Waals surface area contributed by atoms with Crippen LogP contribution in [-0.4, -0.2) is 0 Å². The smallest absolute Gasteiger partial charge is 0.131 e. The van der Waals surface area contributed by atoms with Gasteiger partial charge in [-0.25, -0.2) is 8.78 Å². The van der Waals surface area contributed by atoms with Crippen LogP contribution in [0.3, 0.4) is 0 Å². The van der Waals surface area contributed by atoms with Crippen LogP contribution < -0.4 is 0 Å². The number of alkyl halides is 1. The van der Waals surface area contributed by atoms with Crippen LogP contribution in [0.4, 0.5) is 8.78 Å². The van der Waals surface area contributed by atoms with Gasteiger partial charge in [-0.3, -0.25) is 0 Å². The van der Waals surface area contributed by atoms with E-state index in [-0.39, 0.29) is 0 Å². The Labute approximate surface area is 108 Å². The van der Waals surface area contributed by atoms with Crippen LogP contribution in [-0.2, 0) is 0 Å². The van der Waals surface area contributed by atoms with Crippen molar-refractivity contribution in [2.45, 2.75) is 19.2 Å². The summed E-state index contributed by atoms with van der Waals surface area (Å²) in [4.78, 5) is 2.04. The first-order valence-corrected chi connectivity index (χ1v) is 6.40. The number of thiophene rings is 1. The van der Waals surface area contributed by atoms with Gasteiger partial charge in [-0.05, 0) is 31.5 Å². The van der Waals surface area contributed by atoms with Crippen LogP contribution in [0.1, 0.15) is 26.3 Å². The SMILES string of the molecule is Cc1cc(C)c(C(Cl)c2ccc(F)cc2F)s1. The zero-order chi connectivity index (χ0) is 12.6. The second kappa shape index (κ2) is 4.75. The first-order chi connectivity index (χ1) is 7.99. The van der Waals surface area contributed by atoms with Crippen molar-refractivity contribution < 1.29 is 8.78 Å². The lowest BCUT2D eigenvalue weighted by atomic mass is 10.1. The molecule has 1 atom stereocenters. The van der Waals surface area contributed by atoms with Gasteiger partial charge in [0.1, 0.15) is 11.6 Å². The van der Waals surface area contributed by atoms with Crippen molar-refractivity contribution in [2.24, 2.45) is 0 Å². The van der Waals surface area contributed by atoms with Crippen LogP contribution in [0.5, 0.6) is 0 Å². The van der Waals surface area contributed by atoms with Crippen molar-refractivity contribution in [3.05, 3.63) is 56.8 Å². The third-order valence-electron chi connectivity index (χ3n) is 2.55. The maximum absolute atomic E-state index is 13.6. The molecule has 1 aromatic carbocycles. The van der Waals surface area contributed by atoms with E-state index in [1.54, 1.807) is 0 Å². The minimum atomic E-state index is -0.601. The van der Waals surface area contributed by atoms with Crippen LogP contribution in [0.2, 0.25) is 0 Å². The highest BCUT2D eigenvalue weighted by atomic mass is 35.5. The molecule has 0 aliphatic rings. The molecule has 4 heteroatoms. The maximum Gasteiger partial charge on any atom is 0.131 e. The Hall–Kier alpha value is -0.930. The molecule has 0 nitrogen and oxygen atoms in total. The molecule has 2 rings (SSSR count). The minimum absolute atomic E-state index is 0.318. The Kier molecular flexibility index (Phi) is 3.50. The van der Waals surface area contributed by atoms with Gasteiger partial charge in [0.2, 0.25) is 0 Å². The molecule has 0 saturated carbocycles. The van der Waals surface area contributed by atoms with E-state index in [0.29, 0.717) is 5.56 Å². The molecule has 0 amide bonds. The van der Waals surface area contributed by atoms with Crippen molar-refractivity contribution in [1.82, 2.24) is 0 Å². The predicted molar refractivity (Wildman–Crippen MR) is 67.8 cm³/mol. The summed E-state index contributed by atoms with van der Waals surface area (Å²) in [7, 11) is 0. The summed E-state index contributed by atoms with van der Waals surface area (Å²) in [6.45, 7) is 3.92. The Balaban J connectivity index is 2.43. The third-order valence-corrected chi connectivity index (χ3v) is 4.35. The van der Waals surface area contributed by atoms with E-state index in [9.17, 15) is 8.78 Å². The molecule has 0 fully saturated rings. The molecule has 0 radical (unpaired) electrons. The Morgan fingerprint density at radius 2 is 1.88 bits per heavy atom. The number of rotatable bonds is 2. The lowest BCUT2D eigenvalue weighted by molar-refractivity contribution is 0.574. The zero-order valence-electron chi connectivity index (χ0n) is 9.43. The average Bonchev–Trinajstić information content (AvgIpc) is 2.57. The summed E-state index contributed by atoms with van der Waals surface area (Å²) in [5, 5.41) is -0.561. The molecule has 0 aliphatic heterocycles. The molecular formula is C13H11ClF2S. The largest absolute Gasteiger partial charge is 0.207 e. The molecule has 0 spiro atoms. The Morgan fingerprint density at radius 3 is 2.41 bits per heavy atom. The number of hydrogen-bond donors (Lipinski definition) is 0. The van der Waals surface area contributed by atoms with Gasteiger partial charge in [0.05, 0.1) is 5.38 Å². The van der Waals surface area contributed by atoms with Crippen molar-refractivity contribution in [1.29, 1.82) is 0 Å². The van der Waals surface area contributed by atoms with E-state index in [1.165, 1.54) is 23.5 Å². The van der Waals surface area contributed by atoms with Gasteiger partial charge in [0.25, 0.3) is 0 Å². The first-order valence-electron chi connectivity index (χ1n) is 5.15. The van der Waals surface area contributed by atoms with Gasteiger partial charge in [-0.15, -0.1) is 22.9 Å². The fourth-order valence-corrected chi connectivity index (χ4v) is 3.27. The molecule has 90 valence electrons. The molecule has 0 saturated heterocycles. The number of aryl methyl sites for hydroxylation is 2. The van der Waals surface area contributed by atoms with E-state index in [2.05, 4.69) is 0 Å². The standard InChI is InChI=1S/C13H11ClF2S/c1-7-5-8(2)17-13(7)12(14)10-4-3-9(15)6-11(10)16/h3-6,12H,1-2H3. The summed E-state index contributed by atoms with van der Waals surface area (Å²) in [5.41, 5.74) is 1.36. The second-order valence-corrected chi connectivity index (χ2v) is 5.66. The number of halogens is 3. The van der Waals surface area contributed by atoms with Crippen LogP contribution in [0, 0.1) is 25.5 Å². The number of benzene rings is 1. The molecule has 1 aromatic heterocycles. The Bertz CT molecular complexity index is 548. The normalized spacial score (nSPS) is 12.8. The monoisotopic (exact) mass is 272 g/mol. The highest BCUT2D eigenvalue weighted by Gasteiger charge is 2.19. The summed E-state index contributed by atoms with van der Waals surface area (Å²) in [6.07, 6.45) is 0. The number of hydrogen-bond acceptors (Lipinski definition) is 1. The molecule has 0 N–H and O–H groups in total. The summed E-state index contributed by atoms with van der Waals surface area (Å²) < 4.78 is 26.4. The molecule has 0 aliphatic carbocycles. The molecule has 2 aromatic rings. The predicted octanol–water partition coefficient (Wildman–Crippen LogP) is 4.97. The van der Waals surface area contributed by atoms with Gasteiger partial charge in [0.15, 0.2) is 0 Å². The van der Waals surface area contributed by atoms with Crippen molar-refractivity contribution in [3.63, 3.8) is 0 Å². The summed E-state index contributed by atoms with van der Waals surface area (Å²) in [6, 6.07) is 5.50. The van der Waals surface area contributed by atoms with Gasteiger partial charge in [-0.1, -0.05) is 6.07 Å².